The van der Waals surface area contributed by atoms with Crippen LogP contribution < -0.4 is 5.73 Å². The van der Waals surface area contributed by atoms with Gasteiger partial charge in [0, 0.05) is 24.1 Å². The quantitative estimate of drug-likeness (QED) is 0.859. The van der Waals surface area contributed by atoms with Gasteiger partial charge in [0.2, 0.25) is 5.79 Å². The normalized spacial score (nSPS) is 14.1. The lowest BCUT2D eigenvalue weighted by Gasteiger charge is -2.31. The minimum Gasteiger partial charge on any atom is -0.413 e. The first-order valence-electron chi connectivity index (χ1n) is 4.94. The topological polar surface area (TPSA) is 61.6 Å². The first kappa shape index (κ1) is 14.1. The molecule has 0 aliphatic heterocycles. The van der Waals surface area contributed by atoms with Crippen LogP contribution in [0.25, 0.3) is 0 Å². The van der Waals surface area contributed by atoms with Gasteiger partial charge in [-0.1, -0.05) is 30.1 Å². The van der Waals surface area contributed by atoms with Crippen LogP contribution in [0.3, 0.4) is 0 Å². The molecule has 2 N–H and O–H groups in total. The van der Waals surface area contributed by atoms with E-state index in [2.05, 4.69) is 0 Å². The molecule has 0 unspecified atom stereocenters. The van der Waals surface area contributed by atoms with Crippen LogP contribution in [0.15, 0.2) is 18.2 Å². The van der Waals surface area contributed by atoms with Crippen molar-refractivity contribution in [1.29, 1.82) is 0 Å². The Hall–Kier alpha value is -0.970. The minimum atomic E-state index is -1.28. The zero-order valence-electron chi connectivity index (χ0n) is 9.50. The molecule has 0 aliphatic carbocycles. The van der Waals surface area contributed by atoms with Gasteiger partial charge in [0.1, 0.15) is 0 Å². The van der Waals surface area contributed by atoms with Gasteiger partial charge in [0.25, 0.3) is 0 Å². The molecule has 1 aromatic carbocycles. The van der Waals surface area contributed by atoms with Crippen molar-refractivity contribution in [2.75, 3.05) is 7.11 Å². The molecule has 0 fully saturated rings. The highest BCUT2D eigenvalue weighted by Gasteiger charge is 2.36. The molecule has 0 heterocycles. The maximum absolute atomic E-state index is 10.9. The van der Waals surface area contributed by atoms with Gasteiger partial charge >= 0.3 is 6.09 Å². The number of carbonyl (C=O) groups excluding carboxylic acids is 1. The lowest BCUT2D eigenvalue weighted by molar-refractivity contribution is -0.193. The van der Waals surface area contributed by atoms with Crippen molar-refractivity contribution in [2.45, 2.75) is 19.1 Å². The Morgan fingerprint density at radius 1 is 1.47 bits per heavy atom. The van der Waals surface area contributed by atoms with Gasteiger partial charge in [-0.3, -0.25) is 0 Å². The fraction of sp³-hybridized carbons (Fsp3) is 0.364. The van der Waals surface area contributed by atoms with Gasteiger partial charge < -0.3 is 15.2 Å². The maximum Gasteiger partial charge on any atom is 0.407 e. The largest absolute Gasteiger partial charge is 0.413 e. The molecule has 17 heavy (non-hydrogen) atoms. The number of hydrogen-bond donors (Lipinski definition) is 1. The van der Waals surface area contributed by atoms with Crippen molar-refractivity contribution in [3.05, 3.63) is 33.8 Å². The van der Waals surface area contributed by atoms with Crippen molar-refractivity contribution in [1.82, 2.24) is 0 Å². The van der Waals surface area contributed by atoms with E-state index in [9.17, 15) is 4.79 Å². The lowest BCUT2D eigenvalue weighted by atomic mass is 10.0. The number of amides is 1. The number of rotatable bonds is 4. The summed E-state index contributed by atoms with van der Waals surface area (Å²) in [5.74, 6) is -1.28. The predicted molar refractivity (Wildman–Crippen MR) is 66.1 cm³/mol. The molecule has 1 atom stereocenters. The molecular formula is C11H13Cl2NO3. The standard InChI is InChI=1S/C11H13Cl2NO3/c1-3-11(16-2,17-10(14)15)8-5-4-7(12)6-9(8)13/h4-6H,3H2,1-2H3,(H2,14,15)/t11-/m0/s1. The number of hydrogen-bond acceptors (Lipinski definition) is 3. The summed E-state index contributed by atoms with van der Waals surface area (Å²) in [5.41, 5.74) is 5.54. The fourth-order valence-electron chi connectivity index (χ4n) is 1.57. The first-order valence-corrected chi connectivity index (χ1v) is 5.70. The smallest absolute Gasteiger partial charge is 0.407 e. The van der Waals surface area contributed by atoms with Crippen molar-refractivity contribution >= 4 is 29.3 Å². The van der Waals surface area contributed by atoms with Crippen molar-refractivity contribution < 1.29 is 14.3 Å². The number of nitrogens with two attached hydrogens (primary N) is 1. The minimum absolute atomic E-state index is 0.349. The Bertz CT molecular complexity index is 419. The molecule has 0 bridgehead atoms. The Balaban J connectivity index is 3.25. The number of halogens is 2. The summed E-state index contributed by atoms with van der Waals surface area (Å²) in [4.78, 5) is 10.9. The second kappa shape index (κ2) is 5.58. The highest BCUT2D eigenvalue weighted by Crippen LogP contribution is 2.36. The molecule has 0 spiro atoms. The van der Waals surface area contributed by atoms with E-state index in [1.165, 1.54) is 7.11 Å². The van der Waals surface area contributed by atoms with E-state index in [-0.39, 0.29) is 0 Å². The second-order valence-electron chi connectivity index (χ2n) is 3.36. The lowest BCUT2D eigenvalue weighted by Crippen LogP contribution is -2.36. The highest BCUT2D eigenvalue weighted by molar-refractivity contribution is 6.35. The first-order chi connectivity index (χ1) is 7.95. The van der Waals surface area contributed by atoms with Crippen LogP contribution in [0.4, 0.5) is 4.79 Å². The molecule has 0 aliphatic rings. The molecular weight excluding hydrogens is 265 g/mol. The van der Waals surface area contributed by atoms with E-state index in [0.29, 0.717) is 22.0 Å². The number of ether oxygens (including phenoxy) is 2. The molecule has 0 radical (unpaired) electrons. The van der Waals surface area contributed by atoms with E-state index in [4.69, 9.17) is 38.4 Å². The molecule has 94 valence electrons. The Labute approximate surface area is 110 Å². The van der Waals surface area contributed by atoms with E-state index < -0.39 is 11.9 Å². The summed E-state index contributed by atoms with van der Waals surface area (Å²) >= 11 is 11.9. The van der Waals surface area contributed by atoms with Crippen LogP contribution in [-0.2, 0) is 15.3 Å². The van der Waals surface area contributed by atoms with Gasteiger partial charge in [-0.25, -0.2) is 4.79 Å². The highest BCUT2D eigenvalue weighted by atomic mass is 35.5. The van der Waals surface area contributed by atoms with Crippen molar-refractivity contribution in [3.8, 4) is 0 Å². The molecule has 6 heteroatoms. The molecule has 0 aromatic heterocycles. The molecule has 1 aromatic rings. The number of carbonyl (C=O) groups is 1. The van der Waals surface area contributed by atoms with Crippen LogP contribution >= 0.6 is 23.2 Å². The maximum atomic E-state index is 10.9. The SMILES string of the molecule is CC[C@](OC)(OC(N)=O)c1ccc(Cl)cc1Cl. The summed E-state index contributed by atoms with van der Waals surface area (Å²) in [6.45, 7) is 1.79. The van der Waals surface area contributed by atoms with Crippen LogP contribution in [0.1, 0.15) is 18.9 Å². The number of methoxy groups -OCH3 is 1. The Morgan fingerprint density at radius 3 is 2.53 bits per heavy atom. The Kier molecular flexibility index (Phi) is 4.62. The molecule has 1 amide bonds. The van der Waals surface area contributed by atoms with Gasteiger partial charge in [-0.05, 0) is 18.2 Å². The summed E-state index contributed by atoms with van der Waals surface area (Å²) < 4.78 is 10.3. The summed E-state index contributed by atoms with van der Waals surface area (Å²) in [5, 5.41) is 0.835. The average molecular weight is 278 g/mol. The van der Waals surface area contributed by atoms with Gasteiger partial charge in [0.05, 0.1) is 5.02 Å². The van der Waals surface area contributed by atoms with Crippen LogP contribution in [0, 0.1) is 0 Å². The third-order valence-corrected chi connectivity index (χ3v) is 2.95. The van der Waals surface area contributed by atoms with Crippen LogP contribution in [0.2, 0.25) is 10.0 Å². The number of primary amides is 1. The van der Waals surface area contributed by atoms with Crippen molar-refractivity contribution in [3.63, 3.8) is 0 Å². The molecule has 1 rings (SSSR count). The molecule has 0 saturated carbocycles. The van der Waals surface area contributed by atoms with Crippen molar-refractivity contribution in [2.24, 2.45) is 5.73 Å². The second-order valence-corrected chi connectivity index (χ2v) is 4.20. The van der Waals surface area contributed by atoms with E-state index >= 15 is 0 Å². The van der Waals surface area contributed by atoms with E-state index in [1.54, 1.807) is 25.1 Å². The fourth-order valence-corrected chi connectivity index (χ4v) is 2.13. The summed E-state index contributed by atoms with van der Waals surface area (Å²) in [6.07, 6.45) is -0.562. The zero-order valence-corrected chi connectivity index (χ0v) is 11.0. The molecule has 0 saturated heterocycles. The van der Waals surface area contributed by atoms with Gasteiger partial charge in [0.15, 0.2) is 0 Å². The summed E-state index contributed by atoms with van der Waals surface area (Å²) in [7, 11) is 1.41. The number of benzene rings is 1. The van der Waals surface area contributed by atoms with Crippen LogP contribution in [-0.4, -0.2) is 13.2 Å². The van der Waals surface area contributed by atoms with Gasteiger partial charge in [-0.2, -0.15) is 0 Å². The predicted octanol–water partition coefficient (Wildman–Crippen LogP) is 3.30. The average Bonchev–Trinajstić information content (AvgIpc) is 2.26. The van der Waals surface area contributed by atoms with Crippen LogP contribution in [0.5, 0.6) is 0 Å². The monoisotopic (exact) mass is 277 g/mol. The third-order valence-electron chi connectivity index (χ3n) is 2.40. The summed E-state index contributed by atoms with van der Waals surface area (Å²) in [6, 6.07) is 4.82. The van der Waals surface area contributed by atoms with E-state index in [1.807, 2.05) is 0 Å². The van der Waals surface area contributed by atoms with E-state index in [0.717, 1.165) is 0 Å². The zero-order chi connectivity index (χ0) is 13.1. The third kappa shape index (κ3) is 3.03. The Morgan fingerprint density at radius 2 is 2.12 bits per heavy atom. The van der Waals surface area contributed by atoms with Gasteiger partial charge in [-0.15, -0.1) is 0 Å². The molecule has 4 nitrogen and oxygen atoms in total.